The Morgan fingerprint density at radius 1 is 0.750 bits per heavy atom. The van der Waals surface area contributed by atoms with Gasteiger partial charge in [-0.2, -0.15) is 12.6 Å². The molecule has 0 radical (unpaired) electrons. The Bertz CT molecular complexity index is 768. The molecule has 6 N–H and O–H groups in total. The summed E-state index contributed by atoms with van der Waals surface area (Å²) in [5.41, 5.74) is 15.7. The van der Waals surface area contributed by atoms with Gasteiger partial charge in [0.05, 0.1) is 16.5 Å². The van der Waals surface area contributed by atoms with Gasteiger partial charge in [-0.3, -0.25) is 0 Å². The molecule has 2 unspecified atom stereocenters. The van der Waals surface area contributed by atoms with E-state index >= 15 is 0 Å². The Hall–Kier alpha value is -1.69. The monoisotopic (exact) mass is 402 g/mol. The van der Waals surface area contributed by atoms with Gasteiger partial charge in [0.1, 0.15) is 0 Å². The molecule has 4 nitrogen and oxygen atoms in total. The smallest absolute Gasteiger partial charge is 0.0658 e. The van der Waals surface area contributed by atoms with Crippen molar-refractivity contribution in [3.63, 3.8) is 0 Å². The highest BCUT2D eigenvalue weighted by atomic mass is 32.1. The highest BCUT2D eigenvalue weighted by molar-refractivity contribution is 7.80. The maximum Gasteiger partial charge on any atom is 0.0658 e. The molecule has 28 heavy (non-hydrogen) atoms. The molecule has 0 fully saturated rings. The molecule has 2 aromatic carbocycles. The average molecular weight is 403 g/mol. The molecule has 0 aromatic heterocycles. The summed E-state index contributed by atoms with van der Waals surface area (Å²) in [6.07, 6.45) is 0. The summed E-state index contributed by atoms with van der Waals surface area (Å²) in [6.45, 7) is 11.1. The van der Waals surface area contributed by atoms with E-state index in [0.29, 0.717) is 11.4 Å². The molecule has 0 amide bonds. The van der Waals surface area contributed by atoms with E-state index in [0.717, 1.165) is 22.3 Å². The van der Waals surface area contributed by atoms with Crippen molar-refractivity contribution in [1.82, 2.24) is 0 Å². The Morgan fingerprint density at radius 3 is 1.36 bits per heavy atom. The largest absolute Gasteiger partial charge is 0.398 e. The van der Waals surface area contributed by atoms with E-state index in [1.807, 2.05) is 50.2 Å². The third kappa shape index (κ3) is 4.83. The van der Waals surface area contributed by atoms with Crippen LogP contribution in [0.2, 0.25) is 0 Å². The molecule has 2 atom stereocenters. The van der Waals surface area contributed by atoms with Crippen LogP contribution in [0.25, 0.3) is 0 Å². The Labute approximate surface area is 174 Å². The Morgan fingerprint density at radius 2 is 1.07 bits per heavy atom. The zero-order valence-electron chi connectivity index (χ0n) is 17.7. The third-order valence-electron chi connectivity index (χ3n) is 5.91. The fraction of sp³-hybridized carbons (Fsp3) is 0.478. The van der Waals surface area contributed by atoms with Crippen LogP contribution in [-0.4, -0.2) is 21.4 Å². The van der Waals surface area contributed by atoms with Gasteiger partial charge in [0.15, 0.2) is 0 Å². The van der Waals surface area contributed by atoms with E-state index in [1.165, 1.54) is 0 Å². The van der Waals surface area contributed by atoms with Crippen LogP contribution in [0.3, 0.4) is 0 Å². The van der Waals surface area contributed by atoms with Gasteiger partial charge in [-0.1, -0.05) is 38.1 Å². The predicted octanol–water partition coefficient (Wildman–Crippen LogP) is 4.62. The van der Waals surface area contributed by atoms with Crippen molar-refractivity contribution >= 4 is 24.0 Å². The topological polar surface area (TPSA) is 92.5 Å². The maximum atomic E-state index is 10.4. The second-order valence-electron chi connectivity index (χ2n) is 8.93. The lowest BCUT2D eigenvalue weighted by atomic mass is 9.83. The van der Waals surface area contributed by atoms with Crippen LogP contribution < -0.4 is 11.5 Å². The van der Waals surface area contributed by atoms with E-state index in [4.69, 9.17) is 24.1 Å². The normalized spacial score (nSPS) is 15.9. The van der Waals surface area contributed by atoms with E-state index < -0.39 is 11.2 Å². The quantitative estimate of drug-likeness (QED) is 0.360. The van der Waals surface area contributed by atoms with E-state index in [2.05, 4.69) is 0 Å². The van der Waals surface area contributed by atoms with Gasteiger partial charge in [0, 0.05) is 23.2 Å². The van der Waals surface area contributed by atoms with Crippen molar-refractivity contribution in [2.75, 3.05) is 11.5 Å². The van der Waals surface area contributed by atoms with Crippen molar-refractivity contribution in [1.29, 1.82) is 0 Å². The molecule has 154 valence electrons. The minimum absolute atomic E-state index is 0.120. The number of hydrogen-bond donors (Lipinski definition) is 5. The lowest BCUT2D eigenvalue weighted by Crippen LogP contribution is -2.27. The number of thiol groups is 1. The van der Waals surface area contributed by atoms with E-state index in [9.17, 15) is 10.2 Å². The number of nitrogens with two attached hydrogens (primary N) is 2. The van der Waals surface area contributed by atoms with Crippen LogP contribution in [0.4, 0.5) is 11.4 Å². The van der Waals surface area contributed by atoms with E-state index in [1.54, 1.807) is 27.7 Å². The molecular formula is C23H34N2O2S. The Kier molecular flexibility index (Phi) is 6.44. The van der Waals surface area contributed by atoms with Crippen LogP contribution in [0, 0.1) is 0 Å². The first-order chi connectivity index (χ1) is 12.7. The molecule has 0 aliphatic heterocycles. The molecule has 0 heterocycles. The average Bonchev–Trinajstić information content (AvgIpc) is 2.59. The first-order valence-electron chi connectivity index (χ1n) is 9.65. The lowest BCUT2D eigenvalue weighted by Gasteiger charge is -2.29. The van der Waals surface area contributed by atoms with E-state index in [-0.39, 0.29) is 17.1 Å². The minimum Gasteiger partial charge on any atom is -0.398 e. The van der Waals surface area contributed by atoms with Crippen LogP contribution in [0.15, 0.2) is 36.4 Å². The fourth-order valence-corrected chi connectivity index (χ4v) is 3.55. The minimum atomic E-state index is -0.880. The molecule has 0 aliphatic rings. The molecule has 2 aromatic rings. The highest BCUT2D eigenvalue weighted by Gasteiger charge is 2.28. The summed E-state index contributed by atoms with van der Waals surface area (Å²) < 4.78 is 0. The number of aliphatic hydroxyl groups is 2. The summed E-state index contributed by atoms with van der Waals surface area (Å²) in [5.74, 6) is -0.240. The molecule has 2 rings (SSSR count). The molecule has 0 bridgehead atoms. The molecule has 5 heteroatoms. The van der Waals surface area contributed by atoms with Gasteiger partial charge >= 0.3 is 0 Å². The van der Waals surface area contributed by atoms with Crippen molar-refractivity contribution < 1.29 is 10.2 Å². The van der Waals surface area contributed by atoms with Crippen LogP contribution in [0.5, 0.6) is 0 Å². The lowest BCUT2D eigenvalue weighted by molar-refractivity contribution is 0.0556. The van der Waals surface area contributed by atoms with Crippen molar-refractivity contribution in [2.24, 2.45) is 0 Å². The summed E-state index contributed by atoms with van der Waals surface area (Å²) in [6, 6.07) is 11.7. The molecule has 0 saturated heterocycles. The summed E-state index contributed by atoms with van der Waals surface area (Å²) in [5, 5.41) is 20.6. The van der Waals surface area contributed by atoms with Gasteiger partial charge in [0.25, 0.3) is 0 Å². The van der Waals surface area contributed by atoms with Gasteiger partial charge in [0.2, 0.25) is 0 Å². The Balaban J connectivity index is 2.46. The standard InChI is InChI=1S/C23H34N2O2S/c1-13(22(3,4)26)17-11-15(7-9-19(17)24)21(28)16-8-10-20(25)18(12-16)14(2)23(5,6)27/h7-14,21,26-28H,24-25H2,1-6H3. The second kappa shape index (κ2) is 7.97. The van der Waals surface area contributed by atoms with Crippen molar-refractivity contribution in [3.05, 3.63) is 58.7 Å². The molecule has 0 aliphatic carbocycles. The van der Waals surface area contributed by atoms with Crippen LogP contribution in [0.1, 0.15) is 80.9 Å². The SMILES string of the molecule is CC(c1cc(C(S)c2ccc(N)c(C(C)C(C)(C)O)c2)ccc1N)C(C)(C)O. The van der Waals surface area contributed by atoms with Gasteiger partial charge in [-0.25, -0.2) is 0 Å². The summed E-state index contributed by atoms with van der Waals surface area (Å²) in [4.78, 5) is 0. The fourth-order valence-electron chi connectivity index (χ4n) is 3.23. The third-order valence-corrected chi connectivity index (χ3v) is 6.50. The highest BCUT2D eigenvalue weighted by Crippen LogP contribution is 2.38. The zero-order valence-corrected chi connectivity index (χ0v) is 18.6. The van der Waals surface area contributed by atoms with Gasteiger partial charge < -0.3 is 21.7 Å². The summed E-state index contributed by atoms with van der Waals surface area (Å²) >= 11 is 4.85. The molecular weight excluding hydrogens is 368 g/mol. The van der Waals surface area contributed by atoms with Crippen LogP contribution in [-0.2, 0) is 0 Å². The van der Waals surface area contributed by atoms with Gasteiger partial charge in [-0.15, -0.1) is 0 Å². The molecule has 0 saturated carbocycles. The van der Waals surface area contributed by atoms with Crippen molar-refractivity contribution in [3.8, 4) is 0 Å². The first-order valence-corrected chi connectivity index (χ1v) is 10.2. The number of nitrogen functional groups attached to an aromatic ring is 2. The zero-order chi connectivity index (χ0) is 21.4. The number of rotatable bonds is 6. The molecule has 0 spiro atoms. The number of hydrogen-bond acceptors (Lipinski definition) is 5. The second-order valence-corrected chi connectivity index (χ2v) is 9.45. The number of benzene rings is 2. The van der Waals surface area contributed by atoms with Crippen molar-refractivity contribution in [2.45, 2.75) is 69.8 Å². The maximum absolute atomic E-state index is 10.4. The van der Waals surface area contributed by atoms with Crippen LogP contribution >= 0.6 is 12.6 Å². The summed E-state index contributed by atoms with van der Waals surface area (Å²) in [7, 11) is 0. The van der Waals surface area contributed by atoms with Gasteiger partial charge in [-0.05, 0) is 62.1 Å². The first kappa shape index (κ1) is 22.6. The predicted molar refractivity (Wildman–Crippen MR) is 122 cm³/mol. The number of anilines is 2.